The minimum Gasteiger partial charge on any atom is -0.387 e. The second kappa shape index (κ2) is 11.8. The molecular formula is C6H14Na3O12P2+3. The van der Waals surface area contributed by atoms with E-state index in [1.165, 1.54) is 0 Å². The first-order valence-corrected chi connectivity index (χ1v) is 8.07. The summed E-state index contributed by atoms with van der Waals surface area (Å²) in [6.07, 6.45) is -5.38. The van der Waals surface area contributed by atoms with Crippen molar-refractivity contribution in [2.75, 3.05) is 13.2 Å². The van der Waals surface area contributed by atoms with Gasteiger partial charge >= 0.3 is 104 Å². The molecule has 0 bridgehead atoms. The van der Waals surface area contributed by atoms with Crippen LogP contribution in [-0.2, 0) is 22.9 Å². The zero-order valence-corrected chi connectivity index (χ0v) is 20.5. The van der Waals surface area contributed by atoms with Crippen molar-refractivity contribution in [2.45, 2.75) is 24.1 Å². The van der Waals surface area contributed by atoms with E-state index in [0.717, 1.165) is 0 Å². The van der Waals surface area contributed by atoms with Gasteiger partial charge in [-0.25, -0.2) is 9.13 Å². The Bertz CT molecular complexity index is 441. The molecule has 0 aromatic carbocycles. The molecule has 17 heteroatoms. The van der Waals surface area contributed by atoms with E-state index in [-0.39, 0.29) is 88.7 Å². The predicted octanol–water partition coefficient (Wildman–Crippen LogP) is -12.0. The SMILES string of the molecule is O=P(O)(O)OC[C@H]1OC(O)(COP(=O)(O)O)[C@@H](O)[C@@H]1O.[Na+].[Na+].[Na+]. The van der Waals surface area contributed by atoms with Gasteiger partial charge in [0, 0.05) is 0 Å². The fourth-order valence-electron chi connectivity index (χ4n) is 1.47. The average Bonchev–Trinajstić information content (AvgIpc) is 2.48. The molecule has 0 aromatic heterocycles. The van der Waals surface area contributed by atoms with Gasteiger partial charge < -0.3 is 39.6 Å². The number of aliphatic hydroxyl groups is 3. The molecule has 0 aromatic rings. The molecule has 1 saturated heterocycles. The molecule has 1 aliphatic rings. The Kier molecular flexibility index (Phi) is 15.8. The Labute approximate surface area is 197 Å². The largest absolute Gasteiger partial charge is 1.00 e. The van der Waals surface area contributed by atoms with Gasteiger partial charge in [-0.15, -0.1) is 0 Å². The van der Waals surface area contributed by atoms with Crippen LogP contribution in [0, 0.1) is 0 Å². The molecule has 0 radical (unpaired) electrons. The van der Waals surface area contributed by atoms with E-state index in [1.54, 1.807) is 0 Å². The molecule has 12 nitrogen and oxygen atoms in total. The fraction of sp³-hybridized carbons (Fsp3) is 1.00. The molecule has 120 valence electrons. The second-order valence-corrected chi connectivity index (χ2v) is 6.47. The number of hydrogen-bond acceptors (Lipinski definition) is 8. The number of aliphatic hydroxyl groups excluding tert-OH is 2. The van der Waals surface area contributed by atoms with Gasteiger partial charge in [0.05, 0.1) is 6.61 Å². The molecule has 4 atom stereocenters. The predicted molar refractivity (Wildman–Crippen MR) is 57.8 cm³/mol. The van der Waals surface area contributed by atoms with Gasteiger partial charge in [0.1, 0.15) is 24.9 Å². The van der Waals surface area contributed by atoms with Crippen molar-refractivity contribution < 1.29 is 146 Å². The third kappa shape index (κ3) is 10.8. The van der Waals surface area contributed by atoms with Crippen molar-refractivity contribution in [3.8, 4) is 0 Å². The Morgan fingerprint density at radius 1 is 0.957 bits per heavy atom. The maximum absolute atomic E-state index is 10.5. The van der Waals surface area contributed by atoms with Crippen molar-refractivity contribution in [1.29, 1.82) is 0 Å². The van der Waals surface area contributed by atoms with Crippen LogP contribution in [0.1, 0.15) is 0 Å². The van der Waals surface area contributed by atoms with Crippen LogP contribution in [0.15, 0.2) is 0 Å². The van der Waals surface area contributed by atoms with Crippen LogP contribution >= 0.6 is 15.6 Å². The molecule has 0 amide bonds. The van der Waals surface area contributed by atoms with Crippen molar-refractivity contribution in [3.63, 3.8) is 0 Å². The Morgan fingerprint density at radius 2 is 1.39 bits per heavy atom. The summed E-state index contributed by atoms with van der Waals surface area (Å²) in [7, 11) is -9.82. The van der Waals surface area contributed by atoms with Crippen LogP contribution in [0.3, 0.4) is 0 Å². The third-order valence-corrected chi connectivity index (χ3v) is 3.32. The van der Waals surface area contributed by atoms with Gasteiger partial charge in [0.2, 0.25) is 5.79 Å². The van der Waals surface area contributed by atoms with E-state index in [9.17, 15) is 24.4 Å². The van der Waals surface area contributed by atoms with Crippen LogP contribution in [0.25, 0.3) is 0 Å². The van der Waals surface area contributed by atoms with Gasteiger partial charge in [-0.2, -0.15) is 0 Å². The minimum atomic E-state index is -4.96. The van der Waals surface area contributed by atoms with E-state index in [4.69, 9.17) is 19.6 Å². The topological polar surface area (TPSA) is 203 Å². The number of hydrogen-bond donors (Lipinski definition) is 7. The summed E-state index contributed by atoms with van der Waals surface area (Å²) < 4.78 is 33.6. The summed E-state index contributed by atoms with van der Waals surface area (Å²) in [5, 5.41) is 28.8. The van der Waals surface area contributed by atoms with Gasteiger partial charge in [-0.3, -0.25) is 9.05 Å². The van der Waals surface area contributed by atoms with Crippen molar-refractivity contribution >= 4 is 15.6 Å². The maximum atomic E-state index is 10.5. The summed E-state index contributed by atoms with van der Waals surface area (Å²) in [6, 6.07) is 0. The van der Waals surface area contributed by atoms with Gasteiger partial charge in [-0.1, -0.05) is 0 Å². The number of rotatable bonds is 6. The molecule has 1 rings (SSSR count). The zero-order chi connectivity index (χ0) is 15.8. The number of ether oxygens (including phenoxy) is 1. The van der Waals surface area contributed by atoms with E-state index < -0.39 is 53.0 Å². The molecule has 7 N–H and O–H groups in total. The summed E-state index contributed by atoms with van der Waals surface area (Å²) in [5.74, 6) is -2.66. The van der Waals surface area contributed by atoms with Crippen LogP contribution in [0.4, 0.5) is 0 Å². The average molecular weight is 409 g/mol. The molecule has 0 saturated carbocycles. The van der Waals surface area contributed by atoms with Crippen LogP contribution < -0.4 is 88.7 Å². The normalized spacial score (nSPS) is 30.8. The van der Waals surface area contributed by atoms with Gasteiger partial charge in [0.15, 0.2) is 0 Å². The quantitative estimate of drug-likeness (QED) is 0.161. The smallest absolute Gasteiger partial charge is 0.387 e. The van der Waals surface area contributed by atoms with Gasteiger partial charge in [0.25, 0.3) is 0 Å². The molecule has 0 aliphatic carbocycles. The fourth-order valence-corrected chi connectivity index (χ4v) is 2.17. The first kappa shape index (κ1) is 30.8. The van der Waals surface area contributed by atoms with E-state index in [2.05, 4.69) is 13.8 Å². The van der Waals surface area contributed by atoms with Crippen molar-refractivity contribution in [3.05, 3.63) is 0 Å². The monoisotopic (exact) mass is 409 g/mol. The molecule has 23 heavy (non-hydrogen) atoms. The summed E-state index contributed by atoms with van der Waals surface area (Å²) in [5.41, 5.74) is 0. The minimum absolute atomic E-state index is 0. The van der Waals surface area contributed by atoms with E-state index in [0.29, 0.717) is 0 Å². The first-order valence-electron chi connectivity index (χ1n) is 5.00. The maximum Gasteiger partial charge on any atom is 1.00 e. The van der Waals surface area contributed by atoms with Gasteiger partial charge in [-0.05, 0) is 0 Å². The van der Waals surface area contributed by atoms with E-state index in [1.807, 2.05) is 0 Å². The molecule has 1 unspecified atom stereocenters. The van der Waals surface area contributed by atoms with Crippen LogP contribution in [0.2, 0.25) is 0 Å². The number of phosphoric ester groups is 2. The first-order chi connectivity index (χ1) is 8.84. The van der Waals surface area contributed by atoms with E-state index >= 15 is 0 Å². The Hall–Kier alpha value is 3.06. The summed E-state index contributed by atoms with van der Waals surface area (Å²) >= 11 is 0. The molecule has 1 aliphatic heterocycles. The molecule has 0 spiro atoms. The molecule has 1 fully saturated rings. The Morgan fingerprint density at radius 3 is 1.78 bits per heavy atom. The standard InChI is InChI=1S/C6H14O12P2.3Na/c7-4-3(1-16-19(10,11)12)18-6(9,5(4)8)2-17-20(13,14)15;;;/h3-5,7-9H,1-2H2,(H2,10,11,12)(H2,13,14,15);;;/q;3*+1/t3-,4-,5+,6?;;;/m1.../s1. The molecule has 1 heterocycles. The summed E-state index contributed by atoms with van der Waals surface area (Å²) in [6.45, 7) is -2.05. The van der Waals surface area contributed by atoms with Crippen LogP contribution in [0.5, 0.6) is 0 Å². The summed E-state index contributed by atoms with van der Waals surface area (Å²) in [4.78, 5) is 33.9. The Balaban J connectivity index is -0.00000133. The second-order valence-electron chi connectivity index (χ2n) is 3.99. The van der Waals surface area contributed by atoms with Crippen molar-refractivity contribution in [1.82, 2.24) is 0 Å². The van der Waals surface area contributed by atoms with Crippen LogP contribution in [-0.4, -0.2) is 72.2 Å². The number of phosphoric acid groups is 2. The van der Waals surface area contributed by atoms with Crippen molar-refractivity contribution in [2.24, 2.45) is 0 Å². The molecular weight excluding hydrogens is 395 g/mol. The zero-order valence-electron chi connectivity index (χ0n) is 12.7. The third-order valence-electron chi connectivity index (χ3n) is 2.37.